The summed E-state index contributed by atoms with van der Waals surface area (Å²) in [6, 6.07) is 47.6. The SMILES string of the molecule is Cc1ccccc1-c1cccc[n+]1C[n+]1ccc(-c2ccccc2)cc1-c1ccc(-c2ccccc2)cc1C. The van der Waals surface area contributed by atoms with Crippen LogP contribution in [0.3, 0.4) is 0 Å². The van der Waals surface area contributed by atoms with Crippen LogP contribution in [-0.2, 0) is 6.67 Å². The topological polar surface area (TPSA) is 7.76 Å². The van der Waals surface area contributed by atoms with Gasteiger partial charge in [0.05, 0.1) is 0 Å². The van der Waals surface area contributed by atoms with Crippen LogP contribution < -0.4 is 9.13 Å². The van der Waals surface area contributed by atoms with E-state index in [2.05, 4.69) is 169 Å². The summed E-state index contributed by atoms with van der Waals surface area (Å²) in [4.78, 5) is 0. The van der Waals surface area contributed by atoms with E-state index in [4.69, 9.17) is 0 Å². The van der Waals surface area contributed by atoms with Crippen LogP contribution in [0.1, 0.15) is 11.1 Å². The van der Waals surface area contributed by atoms with Crippen LogP contribution in [0.4, 0.5) is 0 Å². The molecule has 0 spiro atoms. The molecule has 0 bridgehead atoms. The molecule has 0 aliphatic heterocycles. The summed E-state index contributed by atoms with van der Waals surface area (Å²) < 4.78 is 4.69. The summed E-state index contributed by atoms with van der Waals surface area (Å²) >= 11 is 0. The van der Waals surface area contributed by atoms with Crippen LogP contribution in [-0.4, -0.2) is 0 Å². The maximum atomic E-state index is 2.36. The van der Waals surface area contributed by atoms with Crippen molar-refractivity contribution >= 4 is 0 Å². The second kappa shape index (κ2) is 10.9. The Morgan fingerprint density at radius 3 is 1.69 bits per heavy atom. The van der Waals surface area contributed by atoms with Crippen molar-refractivity contribution in [1.82, 2.24) is 0 Å². The summed E-state index contributed by atoms with van der Waals surface area (Å²) in [5.74, 6) is 0. The zero-order chi connectivity index (χ0) is 26.6. The van der Waals surface area contributed by atoms with Gasteiger partial charge >= 0.3 is 6.67 Å². The Kier molecular flexibility index (Phi) is 6.84. The highest BCUT2D eigenvalue weighted by Gasteiger charge is 2.23. The van der Waals surface area contributed by atoms with Crippen LogP contribution in [0.2, 0.25) is 0 Å². The summed E-state index contributed by atoms with van der Waals surface area (Å²) in [6.45, 7) is 5.10. The number of aromatic nitrogens is 2. The van der Waals surface area contributed by atoms with E-state index in [1.165, 1.54) is 55.9 Å². The number of hydrogen-bond acceptors (Lipinski definition) is 0. The predicted molar refractivity (Wildman–Crippen MR) is 160 cm³/mol. The zero-order valence-corrected chi connectivity index (χ0v) is 22.5. The van der Waals surface area contributed by atoms with E-state index in [1.54, 1.807) is 0 Å². The molecule has 6 aromatic rings. The molecule has 0 atom stereocenters. The molecule has 0 aliphatic rings. The van der Waals surface area contributed by atoms with Gasteiger partial charge in [0, 0.05) is 35.4 Å². The molecular weight excluding hydrogens is 472 g/mol. The van der Waals surface area contributed by atoms with Crippen molar-refractivity contribution in [3.05, 3.63) is 157 Å². The smallest absolute Gasteiger partial charge is 0.139 e. The molecule has 0 N–H and O–H groups in total. The lowest BCUT2D eigenvalue weighted by Crippen LogP contribution is -2.53. The Morgan fingerprint density at radius 2 is 1.00 bits per heavy atom. The molecular formula is C37H32N2+2. The normalized spacial score (nSPS) is 10.9. The van der Waals surface area contributed by atoms with Gasteiger partial charge in [-0.1, -0.05) is 91.0 Å². The van der Waals surface area contributed by atoms with E-state index in [0.29, 0.717) is 6.67 Å². The van der Waals surface area contributed by atoms with Gasteiger partial charge in [0.15, 0.2) is 12.4 Å². The lowest BCUT2D eigenvalue weighted by Gasteiger charge is -2.11. The van der Waals surface area contributed by atoms with E-state index in [-0.39, 0.29) is 0 Å². The Hall–Kier alpha value is -4.82. The third-order valence-electron chi connectivity index (χ3n) is 7.42. The Bertz CT molecular complexity index is 1740. The van der Waals surface area contributed by atoms with Gasteiger partial charge in [0.1, 0.15) is 0 Å². The molecule has 0 amide bonds. The molecule has 2 heterocycles. The van der Waals surface area contributed by atoms with E-state index < -0.39 is 0 Å². The van der Waals surface area contributed by atoms with Gasteiger partial charge in [-0.15, -0.1) is 9.13 Å². The summed E-state index contributed by atoms with van der Waals surface area (Å²) in [6.07, 6.45) is 4.40. The quantitative estimate of drug-likeness (QED) is 0.203. The van der Waals surface area contributed by atoms with E-state index >= 15 is 0 Å². The third-order valence-corrected chi connectivity index (χ3v) is 7.42. The first-order valence-corrected chi connectivity index (χ1v) is 13.5. The van der Waals surface area contributed by atoms with Gasteiger partial charge < -0.3 is 0 Å². The summed E-state index contributed by atoms with van der Waals surface area (Å²) in [7, 11) is 0. The van der Waals surface area contributed by atoms with Gasteiger partial charge in [-0.2, -0.15) is 0 Å². The molecule has 0 unspecified atom stereocenters. The molecule has 6 rings (SSSR count). The van der Waals surface area contributed by atoms with Gasteiger partial charge in [0.2, 0.25) is 11.4 Å². The van der Waals surface area contributed by atoms with Gasteiger partial charge in [-0.3, -0.25) is 0 Å². The fourth-order valence-corrected chi connectivity index (χ4v) is 5.32. The van der Waals surface area contributed by atoms with Crippen LogP contribution in [0.5, 0.6) is 0 Å². The highest BCUT2D eigenvalue weighted by Crippen LogP contribution is 2.29. The zero-order valence-electron chi connectivity index (χ0n) is 22.5. The van der Waals surface area contributed by atoms with Crippen molar-refractivity contribution in [3.8, 4) is 44.8 Å². The number of rotatable bonds is 6. The minimum atomic E-state index is 0.703. The Balaban J connectivity index is 1.48. The average Bonchev–Trinajstić information content (AvgIpc) is 2.99. The molecule has 188 valence electrons. The minimum Gasteiger partial charge on any atom is -0.139 e. The molecule has 4 aromatic carbocycles. The van der Waals surface area contributed by atoms with E-state index in [9.17, 15) is 0 Å². The van der Waals surface area contributed by atoms with Crippen LogP contribution >= 0.6 is 0 Å². The molecule has 2 aromatic heterocycles. The Labute approximate surface area is 231 Å². The van der Waals surface area contributed by atoms with Gasteiger partial charge in [0.25, 0.3) is 0 Å². The fraction of sp³-hybridized carbons (Fsp3) is 0.0811. The molecule has 0 saturated heterocycles. The summed E-state index contributed by atoms with van der Waals surface area (Å²) in [5, 5.41) is 0. The van der Waals surface area contributed by atoms with Crippen molar-refractivity contribution < 1.29 is 9.13 Å². The number of benzene rings is 4. The lowest BCUT2D eigenvalue weighted by atomic mass is 9.96. The molecule has 0 fully saturated rings. The van der Waals surface area contributed by atoms with E-state index in [1.807, 2.05) is 0 Å². The van der Waals surface area contributed by atoms with Crippen molar-refractivity contribution in [2.75, 3.05) is 0 Å². The van der Waals surface area contributed by atoms with Crippen molar-refractivity contribution in [2.45, 2.75) is 20.5 Å². The first-order chi connectivity index (χ1) is 19.2. The molecule has 39 heavy (non-hydrogen) atoms. The fourth-order valence-electron chi connectivity index (χ4n) is 5.32. The van der Waals surface area contributed by atoms with Crippen LogP contribution in [0, 0.1) is 13.8 Å². The second-order valence-corrected chi connectivity index (χ2v) is 10.0. The van der Waals surface area contributed by atoms with Crippen molar-refractivity contribution in [2.24, 2.45) is 0 Å². The van der Waals surface area contributed by atoms with Crippen LogP contribution in [0.25, 0.3) is 44.8 Å². The number of aryl methyl sites for hydroxylation is 2. The monoisotopic (exact) mass is 504 g/mol. The third kappa shape index (κ3) is 5.15. The molecule has 0 aliphatic carbocycles. The standard InChI is InChI=1S/C37H32N2/c1-28-13-9-10-18-34(28)36-19-11-12-23-38(36)27-39-24-22-33(31-16-7-4-8-17-31)26-37(39)35-21-20-32(25-29(35)2)30-14-5-3-6-15-30/h3-26H,27H2,1-2H3/q+2. The molecule has 0 saturated carbocycles. The highest BCUT2D eigenvalue weighted by atomic mass is 15.1. The number of hydrogen-bond donors (Lipinski definition) is 0. The molecule has 0 radical (unpaired) electrons. The largest absolute Gasteiger partial charge is 0.344 e. The Morgan fingerprint density at radius 1 is 0.410 bits per heavy atom. The van der Waals surface area contributed by atoms with Gasteiger partial charge in [-0.25, -0.2) is 0 Å². The number of nitrogens with zero attached hydrogens (tertiary/aromatic N) is 2. The molecule has 2 nitrogen and oxygen atoms in total. The lowest BCUT2D eigenvalue weighted by molar-refractivity contribution is -0.903. The molecule has 2 heteroatoms. The maximum Gasteiger partial charge on any atom is 0.344 e. The number of pyridine rings is 2. The maximum absolute atomic E-state index is 2.36. The van der Waals surface area contributed by atoms with E-state index in [0.717, 1.165) is 0 Å². The highest BCUT2D eigenvalue weighted by molar-refractivity contribution is 5.74. The predicted octanol–water partition coefficient (Wildman–Crippen LogP) is 8.05. The average molecular weight is 505 g/mol. The summed E-state index contributed by atoms with van der Waals surface area (Å²) in [5.41, 5.74) is 12.3. The van der Waals surface area contributed by atoms with Gasteiger partial charge in [-0.05, 0) is 65.4 Å². The van der Waals surface area contributed by atoms with Crippen LogP contribution in [0.15, 0.2) is 146 Å². The first kappa shape index (κ1) is 24.5. The minimum absolute atomic E-state index is 0.703. The van der Waals surface area contributed by atoms with Crippen molar-refractivity contribution in [3.63, 3.8) is 0 Å². The second-order valence-electron chi connectivity index (χ2n) is 10.0. The van der Waals surface area contributed by atoms with Crippen molar-refractivity contribution in [1.29, 1.82) is 0 Å². The first-order valence-electron chi connectivity index (χ1n) is 13.5.